The number of aryl methyl sites for hydroxylation is 1. The Morgan fingerprint density at radius 1 is 1.17 bits per heavy atom. The van der Waals surface area contributed by atoms with Crippen LogP contribution < -0.4 is 14.8 Å². The van der Waals surface area contributed by atoms with Crippen molar-refractivity contribution >= 4 is 46.7 Å². The normalized spacial score (nSPS) is 10.9. The van der Waals surface area contributed by atoms with Crippen LogP contribution in [0, 0.1) is 13.8 Å². The first-order chi connectivity index (χ1) is 14.4. The molecule has 0 saturated heterocycles. The molecule has 3 rings (SSSR count). The zero-order chi connectivity index (χ0) is 21.8. The van der Waals surface area contributed by atoms with Crippen molar-refractivity contribution < 1.29 is 14.3 Å². The fourth-order valence-electron chi connectivity index (χ4n) is 3.09. The van der Waals surface area contributed by atoms with E-state index in [2.05, 4.69) is 14.8 Å². The summed E-state index contributed by atoms with van der Waals surface area (Å²) in [6.07, 6.45) is 3.87. The summed E-state index contributed by atoms with van der Waals surface area (Å²) in [4.78, 5) is 13.0. The molecule has 0 saturated carbocycles. The monoisotopic (exact) mass is 464 g/mol. The Hall–Kier alpha value is -2.17. The van der Waals surface area contributed by atoms with Crippen molar-refractivity contribution in [3.8, 4) is 11.5 Å². The minimum absolute atomic E-state index is 0.158. The van der Waals surface area contributed by atoms with Crippen molar-refractivity contribution in [1.29, 1.82) is 0 Å². The fourth-order valence-corrected chi connectivity index (χ4v) is 5.37. The number of anilines is 1. The second-order valence-corrected chi connectivity index (χ2v) is 9.05. The number of ether oxygens (including phenoxy) is 2. The average Bonchev–Trinajstić information content (AvgIpc) is 3.29. The Labute approximate surface area is 188 Å². The van der Waals surface area contributed by atoms with E-state index in [1.165, 1.54) is 35.1 Å². The topological polar surface area (TPSA) is 78.3 Å². The van der Waals surface area contributed by atoms with Gasteiger partial charge in [0.2, 0.25) is 0 Å². The number of nitrogens with one attached hydrogen (secondary N) is 1. The van der Waals surface area contributed by atoms with Crippen LogP contribution in [0.15, 0.2) is 27.4 Å². The highest BCUT2D eigenvalue weighted by Crippen LogP contribution is 2.34. The van der Waals surface area contributed by atoms with Gasteiger partial charge in [-0.25, -0.2) is 0 Å². The SMILES string of the molecule is COc1ccc(Cn2nc(C)c(NC(=O)c3c(SC)nsc3SC)c2C)cc1OC. The van der Waals surface area contributed by atoms with Gasteiger partial charge in [0.05, 0.1) is 47.6 Å². The standard InChI is InChI=1S/C20H24N4O3S3/c1-11-17(21-18(25)16-19(28-5)23-30-20(16)29-6)12(2)24(22-11)10-13-7-8-14(26-3)15(9-13)27-4/h7-9H,10H2,1-6H3,(H,21,25). The molecule has 10 heteroatoms. The van der Waals surface area contributed by atoms with Crippen molar-refractivity contribution in [2.24, 2.45) is 0 Å². The molecule has 1 aromatic carbocycles. The van der Waals surface area contributed by atoms with Gasteiger partial charge in [-0.2, -0.15) is 9.47 Å². The summed E-state index contributed by atoms with van der Waals surface area (Å²) in [5.74, 6) is 1.19. The molecule has 0 unspecified atom stereocenters. The highest BCUT2D eigenvalue weighted by atomic mass is 32.2. The molecule has 1 amide bonds. The van der Waals surface area contributed by atoms with Crippen LogP contribution in [-0.4, -0.2) is 46.8 Å². The summed E-state index contributed by atoms with van der Waals surface area (Å²) in [5, 5.41) is 8.43. The maximum absolute atomic E-state index is 13.0. The third-order valence-electron chi connectivity index (χ3n) is 4.64. The van der Waals surface area contributed by atoms with E-state index in [-0.39, 0.29) is 5.91 Å². The molecular formula is C20H24N4O3S3. The molecule has 7 nitrogen and oxygen atoms in total. The molecule has 0 aliphatic rings. The van der Waals surface area contributed by atoms with Gasteiger partial charge in [-0.15, -0.1) is 23.5 Å². The molecule has 0 spiro atoms. The molecule has 30 heavy (non-hydrogen) atoms. The van der Waals surface area contributed by atoms with Crippen molar-refractivity contribution in [1.82, 2.24) is 14.2 Å². The molecule has 2 heterocycles. The van der Waals surface area contributed by atoms with Gasteiger partial charge in [-0.1, -0.05) is 6.07 Å². The molecule has 0 atom stereocenters. The van der Waals surface area contributed by atoms with E-state index in [1.807, 2.05) is 49.2 Å². The third-order valence-corrected chi connectivity index (χ3v) is 7.38. The summed E-state index contributed by atoms with van der Waals surface area (Å²) in [5.41, 5.74) is 4.03. The van der Waals surface area contributed by atoms with Gasteiger partial charge in [0.1, 0.15) is 5.03 Å². The molecule has 0 bridgehead atoms. The Kier molecular flexibility index (Phi) is 7.32. The first-order valence-electron chi connectivity index (χ1n) is 9.07. The van der Waals surface area contributed by atoms with Crippen molar-refractivity contribution in [2.45, 2.75) is 29.6 Å². The Balaban J connectivity index is 1.86. The average molecular weight is 465 g/mol. The zero-order valence-electron chi connectivity index (χ0n) is 17.7. The first kappa shape index (κ1) is 22.5. The Morgan fingerprint density at radius 3 is 2.53 bits per heavy atom. The summed E-state index contributed by atoms with van der Waals surface area (Å²) < 4.78 is 17.9. The summed E-state index contributed by atoms with van der Waals surface area (Å²) in [7, 11) is 3.23. The molecule has 0 radical (unpaired) electrons. The van der Waals surface area contributed by atoms with E-state index >= 15 is 0 Å². The van der Waals surface area contributed by atoms with Crippen LogP contribution in [-0.2, 0) is 6.54 Å². The van der Waals surface area contributed by atoms with Crippen LogP contribution in [0.3, 0.4) is 0 Å². The van der Waals surface area contributed by atoms with Gasteiger partial charge in [0.25, 0.3) is 5.91 Å². The van der Waals surface area contributed by atoms with E-state index in [9.17, 15) is 4.79 Å². The van der Waals surface area contributed by atoms with Crippen LogP contribution in [0.2, 0.25) is 0 Å². The van der Waals surface area contributed by atoms with E-state index in [1.54, 1.807) is 14.2 Å². The number of nitrogens with zero attached hydrogens (tertiary/aromatic N) is 3. The van der Waals surface area contributed by atoms with E-state index in [0.717, 1.165) is 31.9 Å². The first-order valence-corrected chi connectivity index (χ1v) is 12.3. The lowest BCUT2D eigenvalue weighted by Crippen LogP contribution is -2.14. The predicted octanol–water partition coefficient (Wildman–Crippen LogP) is 4.72. The van der Waals surface area contributed by atoms with E-state index in [0.29, 0.717) is 23.6 Å². The number of thioether (sulfide) groups is 2. The number of carbonyl (C=O) groups excluding carboxylic acids is 1. The van der Waals surface area contributed by atoms with E-state index < -0.39 is 0 Å². The minimum Gasteiger partial charge on any atom is -0.493 e. The Bertz CT molecular complexity index is 1040. The van der Waals surface area contributed by atoms with Gasteiger partial charge in [-0.05, 0) is 55.6 Å². The maximum atomic E-state index is 13.0. The smallest absolute Gasteiger partial charge is 0.260 e. The van der Waals surface area contributed by atoms with Gasteiger partial charge >= 0.3 is 0 Å². The van der Waals surface area contributed by atoms with Gasteiger partial charge in [0.15, 0.2) is 11.5 Å². The van der Waals surface area contributed by atoms with Crippen molar-refractivity contribution in [2.75, 3.05) is 32.0 Å². The van der Waals surface area contributed by atoms with Crippen LogP contribution in [0.5, 0.6) is 11.5 Å². The number of carbonyl (C=O) groups is 1. The number of methoxy groups -OCH3 is 2. The molecule has 0 aliphatic carbocycles. The molecule has 0 aliphatic heterocycles. The number of aromatic nitrogens is 3. The number of benzene rings is 1. The number of amides is 1. The third kappa shape index (κ3) is 4.45. The minimum atomic E-state index is -0.158. The summed E-state index contributed by atoms with van der Waals surface area (Å²) >= 11 is 4.36. The van der Waals surface area contributed by atoms with Crippen molar-refractivity contribution in [3.05, 3.63) is 40.7 Å². The zero-order valence-corrected chi connectivity index (χ0v) is 20.2. The summed E-state index contributed by atoms with van der Waals surface area (Å²) in [6.45, 7) is 4.40. The molecule has 3 aromatic rings. The molecule has 160 valence electrons. The maximum Gasteiger partial charge on any atom is 0.260 e. The lowest BCUT2D eigenvalue weighted by Gasteiger charge is -2.11. The van der Waals surface area contributed by atoms with Gasteiger partial charge < -0.3 is 14.8 Å². The fraction of sp³-hybridized carbons (Fsp3) is 0.350. The Morgan fingerprint density at radius 2 is 1.90 bits per heavy atom. The molecule has 2 aromatic heterocycles. The second-order valence-electron chi connectivity index (χ2n) is 6.41. The van der Waals surface area contributed by atoms with Crippen LogP contribution in [0.25, 0.3) is 0 Å². The van der Waals surface area contributed by atoms with Crippen molar-refractivity contribution in [3.63, 3.8) is 0 Å². The highest BCUT2D eigenvalue weighted by Gasteiger charge is 2.23. The van der Waals surface area contributed by atoms with Crippen LogP contribution >= 0.6 is 35.1 Å². The van der Waals surface area contributed by atoms with Crippen LogP contribution in [0.1, 0.15) is 27.3 Å². The predicted molar refractivity (Wildman–Crippen MR) is 124 cm³/mol. The number of hydrogen-bond acceptors (Lipinski definition) is 8. The molecular weight excluding hydrogens is 440 g/mol. The van der Waals surface area contributed by atoms with Gasteiger partial charge in [0, 0.05) is 0 Å². The van der Waals surface area contributed by atoms with Gasteiger partial charge in [-0.3, -0.25) is 9.48 Å². The lowest BCUT2D eigenvalue weighted by molar-refractivity contribution is 0.102. The molecule has 1 N–H and O–H groups in total. The largest absolute Gasteiger partial charge is 0.493 e. The quantitative estimate of drug-likeness (QED) is 0.483. The highest BCUT2D eigenvalue weighted by molar-refractivity contribution is 8.01. The lowest BCUT2D eigenvalue weighted by atomic mass is 10.2. The number of hydrogen-bond donors (Lipinski definition) is 1. The molecule has 0 fully saturated rings. The second kappa shape index (κ2) is 9.76. The van der Waals surface area contributed by atoms with E-state index in [4.69, 9.17) is 9.47 Å². The van der Waals surface area contributed by atoms with Crippen LogP contribution in [0.4, 0.5) is 5.69 Å². The summed E-state index contributed by atoms with van der Waals surface area (Å²) in [6, 6.07) is 5.78. The number of rotatable bonds is 8.